The van der Waals surface area contributed by atoms with Crippen LogP contribution in [0, 0.1) is 5.82 Å². The third-order valence-corrected chi connectivity index (χ3v) is 3.36. The zero-order valence-corrected chi connectivity index (χ0v) is 10.9. The van der Waals surface area contributed by atoms with Crippen LogP contribution in [-0.4, -0.2) is 18.3 Å². The van der Waals surface area contributed by atoms with Crippen LogP contribution in [0.15, 0.2) is 42.5 Å². The Morgan fingerprint density at radius 1 is 1.25 bits per heavy atom. The van der Waals surface area contributed by atoms with Crippen molar-refractivity contribution in [2.75, 3.05) is 13.2 Å². The fourth-order valence-electron chi connectivity index (χ4n) is 2.36. The highest BCUT2D eigenvalue weighted by molar-refractivity contribution is 5.40. The van der Waals surface area contributed by atoms with E-state index in [4.69, 9.17) is 14.6 Å². The lowest BCUT2D eigenvalue weighted by Crippen LogP contribution is -2.11. The van der Waals surface area contributed by atoms with Crippen molar-refractivity contribution in [3.05, 3.63) is 59.4 Å². The van der Waals surface area contributed by atoms with Gasteiger partial charge in [-0.3, -0.25) is 0 Å². The minimum absolute atomic E-state index is 0.145. The third kappa shape index (κ3) is 2.60. The molecule has 1 unspecified atom stereocenters. The van der Waals surface area contributed by atoms with E-state index in [2.05, 4.69) is 0 Å². The van der Waals surface area contributed by atoms with Gasteiger partial charge < -0.3 is 14.6 Å². The number of hydrogen-bond donors (Lipinski definition) is 1. The Bertz CT molecular complexity index is 612. The van der Waals surface area contributed by atoms with E-state index >= 15 is 0 Å². The quantitative estimate of drug-likeness (QED) is 0.931. The van der Waals surface area contributed by atoms with Crippen LogP contribution in [0.25, 0.3) is 0 Å². The van der Waals surface area contributed by atoms with Crippen molar-refractivity contribution in [1.82, 2.24) is 0 Å². The molecule has 0 radical (unpaired) electrons. The van der Waals surface area contributed by atoms with Gasteiger partial charge in [-0.05, 0) is 23.8 Å². The van der Waals surface area contributed by atoms with Gasteiger partial charge in [0.25, 0.3) is 0 Å². The maximum Gasteiger partial charge on any atom is 0.127 e. The molecule has 1 N–H and O–H groups in total. The summed E-state index contributed by atoms with van der Waals surface area (Å²) in [7, 11) is 0. The third-order valence-electron chi connectivity index (χ3n) is 3.36. The van der Waals surface area contributed by atoms with Crippen molar-refractivity contribution >= 4 is 0 Å². The van der Waals surface area contributed by atoms with E-state index in [9.17, 15) is 4.39 Å². The minimum Gasteiger partial charge on any atom is -0.493 e. The average molecular weight is 274 g/mol. The topological polar surface area (TPSA) is 38.7 Å². The lowest BCUT2D eigenvalue weighted by atomic mass is 10.0. The van der Waals surface area contributed by atoms with Gasteiger partial charge in [-0.25, -0.2) is 4.39 Å². The van der Waals surface area contributed by atoms with Gasteiger partial charge in [0.15, 0.2) is 0 Å². The van der Waals surface area contributed by atoms with Crippen LogP contribution in [-0.2, 0) is 6.61 Å². The number of aliphatic hydroxyl groups is 1. The van der Waals surface area contributed by atoms with Gasteiger partial charge >= 0.3 is 0 Å². The molecule has 0 bridgehead atoms. The van der Waals surface area contributed by atoms with Crippen LogP contribution in [0.5, 0.6) is 11.5 Å². The highest BCUT2D eigenvalue weighted by Crippen LogP contribution is 2.33. The standard InChI is InChI=1S/C16H15FO3/c17-13-5-11(8-18)6-14(7-13)19-9-12-10-20-16-4-2-1-3-15(12)16/h1-7,12,18H,8-10H2. The second-order valence-electron chi connectivity index (χ2n) is 4.81. The summed E-state index contributed by atoms with van der Waals surface area (Å²) < 4.78 is 24.6. The Balaban J connectivity index is 1.70. The molecule has 1 aliphatic heterocycles. The Hall–Kier alpha value is -2.07. The van der Waals surface area contributed by atoms with Crippen LogP contribution in [0.2, 0.25) is 0 Å². The zero-order chi connectivity index (χ0) is 13.9. The molecule has 0 aliphatic carbocycles. The molecular weight excluding hydrogens is 259 g/mol. The number of rotatable bonds is 4. The highest BCUT2D eigenvalue weighted by Gasteiger charge is 2.24. The lowest BCUT2D eigenvalue weighted by Gasteiger charge is -2.12. The number of hydrogen-bond acceptors (Lipinski definition) is 3. The molecule has 3 nitrogen and oxygen atoms in total. The molecular formula is C16H15FO3. The van der Waals surface area contributed by atoms with E-state index in [1.54, 1.807) is 6.07 Å². The summed E-state index contributed by atoms with van der Waals surface area (Å²) in [6.07, 6.45) is 0. The highest BCUT2D eigenvalue weighted by atomic mass is 19.1. The van der Waals surface area contributed by atoms with Crippen molar-refractivity contribution in [3.8, 4) is 11.5 Å². The fraction of sp³-hybridized carbons (Fsp3) is 0.250. The number of fused-ring (bicyclic) bond motifs is 1. The van der Waals surface area contributed by atoms with E-state index in [-0.39, 0.29) is 12.5 Å². The Labute approximate surface area is 116 Å². The number of para-hydroxylation sites is 1. The van der Waals surface area contributed by atoms with Crippen molar-refractivity contribution < 1.29 is 19.0 Å². The van der Waals surface area contributed by atoms with Crippen molar-refractivity contribution in [1.29, 1.82) is 0 Å². The Kier molecular flexibility index (Phi) is 3.56. The summed E-state index contributed by atoms with van der Waals surface area (Å²) in [6, 6.07) is 12.1. The largest absolute Gasteiger partial charge is 0.493 e. The second-order valence-corrected chi connectivity index (χ2v) is 4.81. The van der Waals surface area contributed by atoms with Crippen LogP contribution >= 0.6 is 0 Å². The maximum absolute atomic E-state index is 13.3. The SMILES string of the molecule is OCc1cc(F)cc(OCC2COc3ccccc32)c1. The van der Waals surface area contributed by atoms with E-state index in [1.807, 2.05) is 24.3 Å². The predicted octanol–water partition coefficient (Wildman–Crippen LogP) is 2.87. The maximum atomic E-state index is 13.3. The first-order valence-electron chi connectivity index (χ1n) is 6.51. The van der Waals surface area contributed by atoms with Crippen LogP contribution in [0.4, 0.5) is 4.39 Å². The monoisotopic (exact) mass is 274 g/mol. The molecule has 0 saturated carbocycles. The molecule has 104 valence electrons. The second kappa shape index (κ2) is 5.51. The van der Waals surface area contributed by atoms with E-state index in [0.717, 1.165) is 11.3 Å². The summed E-state index contributed by atoms with van der Waals surface area (Å²) in [5.41, 5.74) is 1.62. The van der Waals surface area contributed by atoms with Gasteiger partial charge in [0.05, 0.1) is 25.7 Å². The fourth-order valence-corrected chi connectivity index (χ4v) is 2.36. The Morgan fingerprint density at radius 3 is 2.95 bits per heavy atom. The summed E-state index contributed by atoms with van der Waals surface area (Å²) in [5.74, 6) is 1.05. The molecule has 0 saturated heterocycles. The van der Waals surface area contributed by atoms with Gasteiger partial charge in [0.1, 0.15) is 17.3 Å². The van der Waals surface area contributed by atoms with Crippen molar-refractivity contribution in [2.45, 2.75) is 12.5 Å². The number of aliphatic hydroxyl groups excluding tert-OH is 1. The first-order chi connectivity index (χ1) is 9.76. The smallest absolute Gasteiger partial charge is 0.127 e. The van der Waals surface area contributed by atoms with Crippen LogP contribution < -0.4 is 9.47 Å². The van der Waals surface area contributed by atoms with Crippen LogP contribution in [0.1, 0.15) is 17.0 Å². The van der Waals surface area contributed by atoms with Crippen molar-refractivity contribution in [3.63, 3.8) is 0 Å². The first-order valence-corrected chi connectivity index (χ1v) is 6.51. The molecule has 3 rings (SSSR count). The summed E-state index contributed by atoms with van der Waals surface area (Å²) in [4.78, 5) is 0. The van der Waals surface area contributed by atoms with Crippen molar-refractivity contribution in [2.24, 2.45) is 0 Å². The average Bonchev–Trinajstić information content (AvgIpc) is 2.88. The summed E-state index contributed by atoms with van der Waals surface area (Å²) in [6.45, 7) is 0.788. The van der Waals surface area contributed by atoms with Gasteiger partial charge in [-0.15, -0.1) is 0 Å². The van der Waals surface area contributed by atoms with Gasteiger partial charge in [0.2, 0.25) is 0 Å². The Morgan fingerprint density at radius 2 is 2.10 bits per heavy atom. The molecule has 2 aromatic rings. The molecule has 0 spiro atoms. The lowest BCUT2D eigenvalue weighted by molar-refractivity contribution is 0.246. The molecule has 0 fully saturated rings. The molecule has 4 heteroatoms. The van der Waals surface area contributed by atoms with Gasteiger partial charge in [-0.2, -0.15) is 0 Å². The molecule has 20 heavy (non-hydrogen) atoms. The summed E-state index contributed by atoms with van der Waals surface area (Å²) >= 11 is 0. The summed E-state index contributed by atoms with van der Waals surface area (Å²) in [5, 5.41) is 9.05. The van der Waals surface area contributed by atoms with Crippen LogP contribution in [0.3, 0.4) is 0 Å². The molecule has 0 amide bonds. The number of benzene rings is 2. The molecule has 1 atom stereocenters. The normalized spacial score (nSPS) is 16.6. The molecule has 1 heterocycles. The number of halogens is 1. The zero-order valence-electron chi connectivity index (χ0n) is 10.9. The predicted molar refractivity (Wildman–Crippen MR) is 72.5 cm³/mol. The molecule has 1 aliphatic rings. The van der Waals surface area contributed by atoms with Gasteiger partial charge in [0, 0.05) is 11.6 Å². The van der Waals surface area contributed by atoms with E-state index < -0.39 is 5.82 Å². The molecule has 2 aromatic carbocycles. The number of ether oxygens (including phenoxy) is 2. The van der Waals surface area contributed by atoms with E-state index in [1.165, 1.54) is 12.1 Å². The molecule has 0 aromatic heterocycles. The van der Waals surface area contributed by atoms with E-state index in [0.29, 0.717) is 24.5 Å². The minimum atomic E-state index is -0.408. The van der Waals surface area contributed by atoms with Gasteiger partial charge in [-0.1, -0.05) is 18.2 Å². The first kappa shape index (κ1) is 12.9.